The zero-order valence-electron chi connectivity index (χ0n) is 15.3. The van der Waals surface area contributed by atoms with Gasteiger partial charge in [0.15, 0.2) is 0 Å². The summed E-state index contributed by atoms with van der Waals surface area (Å²) in [7, 11) is 3.40. The Morgan fingerprint density at radius 3 is 2.38 bits per heavy atom. The first kappa shape index (κ1) is 18.1. The summed E-state index contributed by atoms with van der Waals surface area (Å²) in [5.74, 6) is 0.336. The Labute approximate surface area is 154 Å². The van der Waals surface area contributed by atoms with Gasteiger partial charge in [-0.3, -0.25) is 9.59 Å². The number of likely N-dealkylation sites (tertiary alicyclic amines) is 1. The Morgan fingerprint density at radius 2 is 1.73 bits per heavy atom. The molecule has 3 rings (SSSR count). The molecule has 2 N–H and O–H groups in total. The van der Waals surface area contributed by atoms with Crippen LogP contribution in [0.5, 0.6) is 0 Å². The number of nitrogens with two attached hydrogens (primary N) is 1. The predicted molar refractivity (Wildman–Crippen MR) is 102 cm³/mol. The van der Waals surface area contributed by atoms with Gasteiger partial charge in [-0.2, -0.15) is 0 Å². The quantitative estimate of drug-likeness (QED) is 0.918. The van der Waals surface area contributed by atoms with Crippen molar-refractivity contribution in [2.75, 3.05) is 33.7 Å². The van der Waals surface area contributed by atoms with Crippen molar-refractivity contribution in [2.45, 2.75) is 5.92 Å². The fourth-order valence-corrected chi connectivity index (χ4v) is 3.58. The maximum absolute atomic E-state index is 13.0. The summed E-state index contributed by atoms with van der Waals surface area (Å²) in [5, 5.41) is 0. The van der Waals surface area contributed by atoms with E-state index in [-0.39, 0.29) is 23.7 Å². The Balaban J connectivity index is 1.80. The Kier molecular flexibility index (Phi) is 5.38. The molecular formula is C21H25N3O2. The zero-order chi connectivity index (χ0) is 18.7. The summed E-state index contributed by atoms with van der Waals surface area (Å²) >= 11 is 0. The predicted octanol–water partition coefficient (Wildman–Crippen LogP) is 2.20. The number of rotatable bonds is 4. The Morgan fingerprint density at radius 1 is 1.04 bits per heavy atom. The third-order valence-corrected chi connectivity index (χ3v) is 5.02. The Bertz CT molecular complexity index is 789. The normalized spacial score (nSPS) is 19.4. The lowest BCUT2D eigenvalue weighted by molar-refractivity contribution is 0.0786. The van der Waals surface area contributed by atoms with Crippen molar-refractivity contribution in [3.05, 3.63) is 71.3 Å². The van der Waals surface area contributed by atoms with Crippen LogP contribution in [-0.4, -0.2) is 55.3 Å². The molecule has 1 saturated heterocycles. The molecule has 1 fully saturated rings. The largest absolute Gasteiger partial charge is 0.345 e. The van der Waals surface area contributed by atoms with Crippen molar-refractivity contribution < 1.29 is 9.59 Å². The van der Waals surface area contributed by atoms with Gasteiger partial charge in [-0.05, 0) is 36.2 Å². The van der Waals surface area contributed by atoms with Crippen molar-refractivity contribution in [2.24, 2.45) is 11.7 Å². The number of hydrogen-bond acceptors (Lipinski definition) is 3. The molecule has 5 nitrogen and oxygen atoms in total. The lowest BCUT2D eigenvalue weighted by Crippen LogP contribution is -2.30. The van der Waals surface area contributed by atoms with Crippen molar-refractivity contribution in [3.63, 3.8) is 0 Å². The van der Waals surface area contributed by atoms with Crippen LogP contribution in [-0.2, 0) is 0 Å². The average molecular weight is 351 g/mol. The minimum absolute atomic E-state index is 0.0460. The molecule has 2 aromatic rings. The molecule has 1 aliphatic heterocycles. The topological polar surface area (TPSA) is 66.6 Å². The smallest absolute Gasteiger partial charge is 0.253 e. The fraction of sp³-hybridized carbons (Fsp3) is 0.333. The van der Waals surface area contributed by atoms with Gasteiger partial charge in [-0.1, -0.05) is 36.4 Å². The van der Waals surface area contributed by atoms with Crippen LogP contribution >= 0.6 is 0 Å². The van der Waals surface area contributed by atoms with Crippen molar-refractivity contribution in [3.8, 4) is 0 Å². The first-order valence-electron chi connectivity index (χ1n) is 8.87. The van der Waals surface area contributed by atoms with E-state index in [1.165, 1.54) is 10.5 Å². The van der Waals surface area contributed by atoms with E-state index in [4.69, 9.17) is 5.73 Å². The molecule has 0 unspecified atom stereocenters. The SMILES string of the molecule is CN(C)C(=O)c1cccc(C(=O)N2C[C@@H](CN)[C@H](c3ccccc3)C2)c1. The van der Waals surface area contributed by atoms with Crippen LogP contribution in [0.15, 0.2) is 54.6 Å². The zero-order valence-corrected chi connectivity index (χ0v) is 15.3. The lowest BCUT2D eigenvalue weighted by Gasteiger charge is -2.17. The number of nitrogens with zero attached hydrogens (tertiary/aromatic N) is 2. The second kappa shape index (κ2) is 7.70. The van der Waals surface area contributed by atoms with Crippen molar-refractivity contribution in [1.29, 1.82) is 0 Å². The number of hydrogen-bond donors (Lipinski definition) is 1. The molecule has 0 spiro atoms. The molecule has 0 saturated carbocycles. The summed E-state index contributed by atoms with van der Waals surface area (Å²) in [4.78, 5) is 28.5. The van der Waals surface area contributed by atoms with Gasteiger partial charge in [0.2, 0.25) is 0 Å². The maximum Gasteiger partial charge on any atom is 0.253 e. The third-order valence-electron chi connectivity index (χ3n) is 5.02. The molecule has 2 aromatic carbocycles. The van der Waals surface area contributed by atoms with Crippen molar-refractivity contribution >= 4 is 11.8 Å². The van der Waals surface area contributed by atoms with Crippen molar-refractivity contribution in [1.82, 2.24) is 9.80 Å². The van der Waals surface area contributed by atoms with Gasteiger partial charge in [0.25, 0.3) is 11.8 Å². The van der Waals surface area contributed by atoms with Crippen LogP contribution in [0.25, 0.3) is 0 Å². The summed E-state index contributed by atoms with van der Waals surface area (Å²) in [6.07, 6.45) is 0. The highest BCUT2D eigenvalue weighted by atomic mass is 16.2. The van der Waals surface area contributed by atoms with E-state index >= 15 is 0 Å². The molecule has 136 valence electrons. The molecule has 1 aliphatic rings. The lowest BCUT2D eigenvalue weighted by atomic mass is 9.89. The van der Waals surface area contributed by atoms with E-state index in [2.05, 4.69) is 12.1 Å². The Hall–Kier alpha value is -2.66. The van der Waals surface area contributed by atoms with Gasteiger partial charge in [0, 0.05) is 44.2 Å². The van der Waals surface area contributed by atoms with Crippen LogP contribution < -0.4 is 5.73 Å². The van der Waals surface area contributed by atoms with E-state index in [1.807, 2.05) is 23.1 Å². The van der Waals surface area contributed by atoms with E-state index in [9.17, 15) is 9.59 Å². The molecule has 0 bridgehead atoms. The van der Waals surface area contributed by atoms with Gasteiger partial charge < -0.3 is 15.5 Å². The van der Waals surface area contributed by atoms with Crippen LogP contribution in [0.2, 0.25) is 0 Å². The molecule has 0 aliphatic carbocycles. The van der Waals surface area contributed by atoms with E-state index < -0.39 is 0 Å². The average Bonchev–Trinajstić information content (AvgIpc) is 3.12. The van der Waals surface area contributed by atoms with Crippen LogP contribution in [0.1, 0.15) is 32.2 Å². The summed E-state index contributed by atoms with van der Waals surface area (Å²) in [6.45, 7) is 1.83. The first-order valence-corrected chi connectivity index (χ1v) is 8.87. The molecular weight excluding hydrogens is 326 g/mol. The third kappa shape index (κ3) is 3.63. The van der Waals surface area contributed by atoms with Gasteiger partial charge in [-0.25, -0.2) is 0 Å². The molecule has 26 heavy (non-hydrogen) atoms. The fourth-order valence-electron chi connectivity index (χ4n) is 3.58. The van der Waals surface area contributed by atoms with Crippen LogP contribution in [0.3, 0.4) is 0 Å². The molecule has 0 aromatic heterocycles. The molecule has 5 heteroatoms. The highest BCUT2D eigenvalue weighted by molar-refractivity contribution is 5.99. The first-order chi connectivity index (χ1) is 12.5. The second-order valence-electron chi connectivity index (χ2n) is 7.00. The van der Waals surface area contributed by atoms with E-state index in [0.717, 1.165) is 0 Å². The highest BCUT2D eigenvalue weighted by Crippen LogP contribution is 2.32. The minimum Gasteiger partial charge on any atom is -0.345 e. The number of benzene rings is 2. The standard InChI is InChI=1S/C21H25N3O2/c1-23(2)20(25)16-9-6-10-17(11-16)21(26)24-13-18(12-22)19(14-24)15-7-4-3-5-8-15/h3-11,18-19H,12-14,22H2,1-2H3/t18-,19+/m1/s1. The van der Waals surface area contributed by atoms with Crippen LogP contribution in [0, 0.1) is 5.92 Å². The van der Waals surface area contributed by atoms with Gasteiger partial charge in [0.1, 0.15) is 0 Å². The monoisotopic (exact) mass is 351 g/mol. The molecule has 0 radical (unpaired) electrons. The van der Waals surface area contributed by atoms with Crippen LogP contribution in [0.4, 0.5) is 0 Å². The number of carbonyl (C=O) groups excluding carboxylic acids is 2. The molecule has 2 atom stereocenters. The minimum atomic E-state index is -0.108. The maximum atomic E-state index is 13.0. The highest BCUT2D eigenvalue weighted by Gasteiger charge is 2.35. The number of amides is 2. The summed E-state index contributed by atoms with van der Waals surface area (Å²) in [5.41, 5.74) is 8.26. The van der Waals surface area contributed by atoms with Gasteiger partial charge in [0.05, 0.1) is 0 Å². The molecule has 2 amide bonds. The summed E-state index contributed by atoms with van der Waals surface area (Å²) in [6, 6.07) is 17.2. The number of carbonyl (C=O) groups is 2. The molecule has 1 heterocycles. The second-order valence-corrected chi connectivity index (χ2v) is 7.00. The van der Waals surface area contributed by atoms with Gasteiger partial charge in [-0.15, -0.1) is 0 Å². The van der Waals surface area contributed by atoms with Gasteiger partial charge >= 0.3 is 0 Å². The van der Waals surface area contributed by atoms with E-state index in [0.29, 0.717) is 30.8 Å². The van der Waals surface area contributed by atoms with E-state index in [1.54, 1.807) is 38.4 Å². The summed E-state index contributed by atoms with van der Waals surface area (Å²) < 4.78 is 0.